The summed E-state index contributed by atoms with van der Waals surface area (Å²) in [4.78, 5) is 31.3. The Kier molecular flexibility index (Phi) is 11.0. The van der Waals surface area contributed by atoms with Crippen LogP contribution in [0.4, 0.5) is 0 Å². The smallest absolute Gasteiger partial charge is 0.236 e. The number of nitrogens with two attached hydrogens (primary N) is 1. The van der Waals surface area contributed by atoms with E-state index in [1.807, 2.05) is 47.1 Å². The summed E-state index contributed by atoms with van der Waals surface area (Å²) in [7, 11) is 0. The van der Waals surface area contributed by atoms with Crippen molar-refractivity contribution in [2.75, 3.05) is 45.8 Å². The SMILES string of the molecule is CC(C(=O)N1CCN(CC(=O)N2CCCCC2)CC1)C(N)c1ccccc1.Cl.Cl. The molecule has 0 spiro atoms. The molecular formula is C21H34Cl2N4O2. The van der Waals surface area contributed by atoms with Gasteiger partial charge in [-0.1, -0.05) is 37.3 Å². The van der Waals surface area contributed by atoms with Crippen LogP contribution < -0.4 is 5.73 Å². The number of piperidine rings is 1. The number of carbonyl (C=O) groups is 2. The van der Waals surface area contributed by atoms with E-state index in [1.54, 1.807) is 0 Å². The van der Waals surface area contributed by atoms with Gasteiger partial charge in [-0.05, 0) is 24.8 Å². The summed E-state index contributed by atoms with van der Waals surface area (Å²) in [5, 5.41) is 0. The van der Waals surface area contributed by atoms with Gasteiger partial charge in [-0.3, -0.25) is 14.5 Å². The molecule has 2 unspecified atom stereocenters. The zero-order valence-electron chi connectivity index (χ0n) is 17.2. The first-order valence-electron chi connectivity index (χ1n) is 10.2. The molecule has 0 radical (unpaired) electrons. The zero-order valence-corrected chi connectivity index (χ0v) is 18.8. The molecule has 0 aromatic heterocycles. The van der Waals surface area contributed by atoms with Crippen molar-refractivity contribution in [3.8, 4) is 0 Å². The van der Waals surface area contributed by atoms with Crippen molar-refractivity contribution in [1.82, 2.24) is 14.7 Å². The van der Waals surface area contributed by atoms with Crippen molar-refractivity contribution in [2.24, 2.45) is 11.7 Å². The number of amides is 2. The summed E-state index contributed by atoms with van der Waals surface area (Å²) < 4.78 is 0. The molecule has 1 aromatic rings. The minimum atomic E-state index is -0.294. The molecule has 1 aromatic carbocycles. The molecule has 8 heteroatoms. The molecule has 2 aliphatic rings. The van der Waals surface area contributed by atoms with Crippen molar-refractivity contribution in [3.05, 3.63) is 35.9 Å². The van der Waals surface area contributed by atoms with Crippen LogP contribution in [0.5, 0.6) is 0 Å². The average Bonchev–Trinajstić information content (AvgIpc) is 2.74. The maximum Gasteiger partial charge on any atom is 0.236 e. The standard InChI is InChI=1S/C21H32N4O2.2ClH/c1-17(20(22)18-8-4-2-5-9-18)21(27)25-14-12-23(13-15-25)16-19(26)24-10-6-3-7-11-24;;/h2,4-5,8-9,17,20H,3,6-7,10-16,22H2,1H3;2*1H. The molecule has 2 aliphatic heterocycles. The van der Waals surface area contributed by atoms with Crippen LogP contribution in [0.15, 0.2) is 30.3 Å². The topological polar surface area (TPSA) is 69.9 Å². The van der Waals surface area contributed by atoms with Crippen LogP contribution in [0.3, 0.4) is 0 Å². The lowest BCUT2D eigenvalue weighted by atomic mass is 9.94. The summed E-state index contributed by atoms with van der Waals surface area (Å²) in [6.45, 7) is 7.00. The molecule has 2 amide bonds. The second kappa shape index (κ2) is 12.4. The highest BCUT2D eigenvalue weighted by atomic mass is 35.5. The van der Waals surface area contributed by atoms with E-state index in [0.717, 1.165) is 44.6 Å². The van der Waals surface area contributed by atoms with Gasteiger partial charge in [0.15, 0.2) is 0 Å². The van der Waals surface area contributed by atoms with Crippen LogP contribution in [0, 0.1) is 5.92 Å². The second-order valence-electron chi connectivity index (χ2n) is 7.77. The number of rotatable bonds is 5. The highest BCUT2D eigenvalue weighted by Crippen LogP contribution is 2.21. The predicted molar refractivity (Wildman–Crippen MR) is 120 cm³/mol. The molecule has 6 nitrogen and oxygen atoms in total. The summed E-state index contributed by atoms with van der Waals surface area (Å²) >= 11 is 0. The van der Waals surface area contributed by atoms with Crippen LogP contribution in [0.1, 0.15) is 37.8 Å². The van der Waals surface area contributed by atoms with Crippen molar-refractivity contribution in [1.29, 1.82) is 0 Å². The maximum atomic E-state index is 12.8. The van der Waals surface area contributed by atoms with E-state index >= 15 is 0 Å². The summed E-state index contributed by atoms with van der Waals surface area (Å²) in [5.41, 5.74) is 7.30. The van der Waals surface area contributed by atoms with Crippen molar-refractivity contribution in [2.45, 2.75) is 32.2 Å². The van der Waals surface area contributed by atoms with E-state index in [1.165, 1.54) is 6.42 Å². The Hall–Kier alpha value is -1.34. The minimum Gasteiger partial charge on any atom is -0.342 e. The fourth-order valence-corrected chi connectivity index (χ4v) is 3.97. The number of carbonyl (C=O) groups excluding carboxylic acids is 2. The van der Waals surface area contributed by atoms with Gasteiger partial charge in [-0.2, -0.15) is 0 Å². The number of halogens is 2. The summed E-state index contributed by atoms with van der Waals surface area (Å²) in [6.07, 6.45) is 3.47. The number of likely N-dealkylation sites (tertiary alicyclic amines) is 1. The third kappa shape index (κ3) is 6.85. The van der Waals surface area contributed by atoms with E-state index in [0.29, 0.717) is 19.6 Å². The van der Waals surface area contributed by atoms with Gasteiger partial charge >= 0.3 is 0 Å². The molecule has 0 saturated carbocycles. The van der Waals surface area contributed by atoms with Crippen LogP contribution in [0.25, 0.3) is 0 Å². The zero-order chi connectivity index (χ0) is 19.2. The molecule has 0 aliphatic carbocycles. The number of hydrogen-bond donors (Lipinski definition) is 1. The van der Waals surface area contributed by atoms with Crippen LogP contribution >= 0.6 is 24.8 Å². The van der Waals surface area contributed by atoms with E-state index < -0.39 is 0 Å². The van der Waals surface area contributed by atoms with E-state index in [2.05, 4.69) is 4.90 Å². The third-order valence-corrected chi connectivity index (χ3v) is 5.86. The van der Waals surface area contributed by atoms with Crippen molar-refractivity contribution in [3.63, 3.8) is 0 Å². The minimum absolute atomic E-state index is 0. The Labute approximate surface area is 186 Å². The fourth-order valence-electron chi connectivity index (χ4n) is 3.97. The number of piperazine rings is 1. The highest BCUT2D eigenvalue weighted by Gasteiger charge is 2.30. The van der Waals surface area contributed by atoms with Gasteiger partial charge in [0.2, 0.25) is 11.8 Å². The van der Waals surface area contributed by atoms with Crippen molar-refractivity contribution < 1.29 is 9.59 Å². The van der Waals surface area contributed by atoms with Crippen LogP contribution in [-0.4, -0.2) is 72.3 Å². The van der Waals surface area contributed by atoms with Crippen LogP contribution in [0.2, 0.25) is 0 Å². The molecule has 2 fully saturated rings. The highest BCUT2D eigenvalue weighted by molar-refractivity contribution is 5.85. The molecule has 164 valence electrons. The summed E-state index contributed by atoms with van der Waals surface area (Å²) in [5.74, 6) is 0.0798. The van der Waals surface area contributed by atoms with Gasteiger partial charge < -0.3 is 15.5 Å². The van der Waals surface area contributed by atoms with Gasteiger partial charge in [0.1, 0.15) is 0 Å². The van der Waals surface area contributed by atoms with Crippen molar-refractivity contribution >= 4 is 36.6 Å². The summed E-state index contributed by atoms with van der Waals surface area (Å²) in [6, 6.07) is 9.50. The largest absolute Gasteiger partial charge is 0.342 e. The Morgan fingerprint density at radius 2 is 1.48 bits per heavy atom. The number of benzene rings is 1. The normalized spacial score (nSPS) is 19.5. The first-order chi connectivity index (χ1) is 13.1. The van der Waals surface area contributed by atoms with Gasteiger partial charge in [0, 0.05) is 45.3 Å². The molecule has 3 rings (SSSR count). The molecule has 2 saturated heterocycles. The first kappa shape index (κ1) is 25.7. The van der Waals surface area contributed by atoms with Crippen LogP contribution in [-0.2, 0) is 9.59 Å². The Balaban J connectivity index is 0.00000210. The van der Waals surface area contributed by atoms with E-state index in [4.69, 9.17) is 5.73 Å². The Morgan fingerprint density at radius 3 is 2.07 bits per heavy atom. The maximum absolute atomic E-state index is 12.8. The monoisotopic (exact) mass is 444 g/mol. The fraction of sp³-hybridized carbons (Fsp3) is 0.619. The molecular weight excluding hydrogens is 411 g/mol. The predicted octanol–water partition coefficient (Wildman–Crippen LogP) is 2.32. The van der Waals surface area contributed by atoms with Gasteiger partial charge in [0.05, 0.1) is 12.5 Å². The molecule has 0 bridgehead atoms. The molecule has 2 N–H and O–H groups in total. The van der Waals surface area contributed by atoms with E-state index in [-0.39, 0.29) is 48.6 Å². The number of hydrogen-bond acceptors (Lipinski definition) is 4. The molecule has 29 heavy (non-hydrogen) atoms. The van der Waals surface area contributed by atoms with Gasteiger partial charge in [-0.25, -0.2) is 0 Å². The molecule has 2 atom stereocenters. The average molecular weight is 445 g/mol. The number of nitrogens with zero attached hydrogens (tertiary/aromatic N) is 3. The Bertz CT molecular complexity index is 633. The second-order valence-corrected chi connectivity index (χ2v) is 7.77. The quantitative estimate of drug-likeness (QED) is 0.756. The van der Waals surface area contributed by atoms with E-state index in [9.17, 15) is 9.59 Å². The van der Waals surface area contributed by atoms with Gasteiger partial charge in [0.25, 0.3) is 0 Å². The lowest BCUT2D eigenvalue weighted by molar-refractivity contribution is -0.138. The molecule has 2 heterocycles. The third-order valence-electron chi connectivity index (χ3n) is 5.86. The lowest BCUT2D eigenvalue weighted by Crippen LogP contribution is -2.53. The first-order valence-corrected chi connectivity index (χ1v) is 10.2. The lowest BCUT2D eigenvalue weighted by Gasteiger charge is -2.37. The van der Waals surface area contributed by atoms with Gasteiger partial charge in [-0.15, -0.1) is 24.8 Å². The Morgan fingerprint density at radius 1 is 0.897 bits per heavy atom.